The van der Waals surface area contributed by atoms with Gasteiger partial charge < -0.3 is 0 Å². The Bertz CT molecular complexity index is 2030. The van der Waals surface area contributed by atoms with E-state index >= 15 is 0 Å². The summed E-state index contributed by atoms with van der Waals surface area (Å²) in [6, 6.07) is 29.6. The molecule has 55 heavy (non-hydrogen) atoms. The van der Waals surface area contributed by atoms with Gasteiger partial charge >= 0.3 is 0 Å². The number of hydrogen-bond donors (Lipinski definition) is 0. The molecular weight excluding hydrogens is 679 g/mol. The third-order valence-corrected chi connectivity index (χ3v) is 11.5. The van der Waals surface area contributed by atoms with Gasteiger partial charge in [-0.05, 0) is 147 Å². The van der Waals surface area contributed by atoms with Crippen molar-refractivity contribution >= 4 is 0 Å². The predicted molar refractivity (Wildman–Crippen MR) is 220 cm³/mol. The topological polar surface area (TPSA) is 47.6 Å². The summed E-state index contributed by atoms with van der Waals surface area (Å²) in [4.78, 5) is 0. The van der Waals surface area contributed by atoms with Crippen molar-refractivity contribution in [3.05, 3.63) is 141 Å². The predicted octanol–water partition coefficient (Wildman–Crippen LogP) is 13.5. The molecule has 0 atom stereocenters. The molecule has 2 aliphatic carbocycles. The molecule has 0 unspecified atom stereocenters. The fraction of sp³-hybridized carbons (Fsp3) is 0.412. The first-order chi connectivity index (χ1) is 26.9. The highest BCUT2D eigenvalue weighted by atomic mass is 19.1. The zero-order chi connectivity index (χ0) is 38.8. The van der Waals surface area contributed by atoms with Crippen LogP contribution in [0.2, 0.25) is 0 Å². The van der Waals surface area contributed by atoms with Crippen molar-refractivity contribution in [3.63, 3.8) is 0 Å². The van der Waals surface area contributed by atoms with Crippen molar-refractivity contribution in [2.75, 3.05) is 0 Å². The molecule has 0 bridgehead atoms. The normalized spacial score (nSPS) is 18.9. The first-order valence-corrected chi connectivity index (χ1v) is 20.5. The SMILES string of the molecule is CCCCC1CCC(c2ccc(C#Cc3ccc(C#N)c(F)c3)cc2)CC1.CCCCCC1CCC(c2ccc(C#Cc3ccc(C#N)c(F)c3)cc2)CC1. The Morgan fingerprint density at radius 1 is 0.473 bits per heavy atom. The summed E-state index contributed by atoms with van der Waals surface area (Å²) in [7, 11) is 0. The molecule has 4 heteroatoms. The number of nitriles is 2. The van der Waals surface area contributed by atoms with Gasteiger partial charge in [-0.25, -0.2) is 8.78 Å². The van der Waals surface area contributed by atoms with Gasteiger partial charge in [-0.15, -0.1) is 0 Å². The van der Waals surface area contributed by atoms with Gasteiger partial charge in [0.2, 0.25) is 0 Å². The monoisotopic (exact) mass is 732 g/mol. The van der Waals surface area contributed by atoms with Crippen LogP contribution in [-0.4, -0.2) is 0 Å². The zero-order valence-electron chi connectivity index (χ0n) is 32.6. The van der Waals surface area contributed by atoms with Crippen molar-refractivity contribution in [2.24, 2.45) is 11.8 Å². The average Bonchev–Trinajstić information content (AvgIpc) is 3.23. The second kappa shape index (κ2) is 21.7. The lowest BCUT2D eigenvalue weighted by atomic mass is 9.77. The maximum atomic E-state index is 13.7. The Labute approximate surface area is 329 Å². The highest BCUT2D eigenvalue weighted by Gasteiger charge is 2.23. The molecule has 0 aliphatic heterocycles. The van der Waals surface area contributed by atoms with Gasteiger partial charge in [-0.1, -0.05) is 107 Å². The number of unbranched alkanes of at least 4 members (excludes halogenated alkanes) is 3. The van der Waals surface area contributed by atoms with E-state index in [0.29, 0.717) is 23.0 Å². The summed E-state index contributed by atoms with van der Waals surface area (Å²) in [5, 5.41) is 17.6. The van der Waals surface area contributed by atoms with Crippen LogP contribution in [0.25, 0.3) is 0 Å². The Kier molecular flexibility index (Phi) is 16.2. The molecule has 0 amide bonds. The second-order valence-electron chi connectivity index (χ2n) is 15.4. The van der Waals surface area contributed by atoms with Gasteiger partial charge in [0, 0.05) is 22.3 Å². The summed E-state index contributed by atoms with van der Waals surface area (Å²) >= 11 is 0. The summed E-state index contributed by atoms with van der Waals surface area (Å²) in [6.45, 7) is 4.54. The first kappa shape index (κ1) is 41.0. The molecule has 0 heterocycles. The van der Waals surface area contributed by atoms with E-state index in [0.717, 1.165) is 23.0 Å². The molecule has 0 spiro atoms. The minimum Gasteiger partial charge on any atom is -0.206 e. The molecule has 2 aliphatic rings. The summed E-state index contributed by atoms with van der Waals surface area (Å²) < 4.78 is 27.3. The number of nitrogens with zero attached hydrogens (tertiary/aromatic N) is 2. The van der Waals surface area contributed by atoms with Gasteiger partial charge in [0.1, 0.15) is 23.8 Å². The van der Waals surface area contributed by atoms with Crippen molar-refractivity contribution < 1.29 is 8.78 Å². The molecule has 0 radical (unpaired) electrons. The van der Waals surface area contributed by atoms with Crippen molar-refractivity contribution in [1.82, 2.24) is 0 Å². The van der Waals surface area contributed by atoms with Gasteiger partial charge in [-0.3, -0.25) is 0 Å². The van der Waals surface area contributed by atoms with E-state index in [4.69, 9.17) is 10.5 Å². The molecule has 6 rings (SSSR count). The summed E-state index contributed by atoms with van der Waals surface area (Å²) in [5.41, 5.74) is 5.97. The Morgan fingerprint density at radius 3 is 1.20 bits per heavy atom. The summed E-state index contributed by atoms with van der Waals surface area (Å²) in [6.07, 6.45) is 20.2. The van der Waals surface area contributed by atoms with Crippen LogP contribution in [0.4, 0.5) is 8.78 Å². The number of halogens is 2. The van der Waals surface area contributed by atoms with E-state index in [1.807, 2.05) is 12.1 Å². The number of benzene rings is 4. The van der Waals surface area contributed by atoms with Crippen LogP contribution in [0.15, 0.2) is 84.9 Å². The van der Waals surface area contributed by atoms with Gasteiger partial charge in [0.15, 0.2) is 0 Å². The van der Waals surface area contributed by atoms with Crippen LogP contribution >= 0.6 is 0 Å². The quantitative estimate of drug-likeness (QED) is 0.127. The Hall–Kier alpha value is -5.16. The van der Waals surface area contributed by atoms with E-state index in [1.165, 1.54) is 132 Å². The highest BCUT2D eigenvalue weighted by Crippen LogP contribution is 2.39. The molecule has 4 aromatic rings. The lowest BCUT2D eigenvalue weighted by Gasteiger charge is -2.29. The van der Waals surface area contributed by atoms with E-state index in [2.05, 4.69) is 86.1 Å². The maximum Gasteiger partial charge on any atom is 0.142 e. The van der Waals surface area contributed by atoms with Crippen LogP contribution in [0.1, 0.15) is 167 Å². The van der Waals surface area contributed by atoms with Gasteiger partial charge in [0.25, 0.3) is 0 Å². The first-order valence-electron chi connectivity index (χ1n) is 20.5. The van der Waals surface area contributed by atoms with E-state index < -0.39 is 11.6 Å². The smallest absolute Gasteiger partial charge is 0.142 e. The van der Waals surface area contributed by atoms with Crippen LogP contribution in [0, 0.1) is 69.8 Å². The molecule has 2 fully saturated rings. The average molecular weight is 733 g/mol. The maximum absolute atomic E-state index is 13.7. The fourth-order valence-electron chi connectivity index (χ4n) is 8.08. The minimum atomic E-state index is -0.519. The van der Waals surface area contributed by atoms with Gasteiger partial charge in [-0.2, -0.15) is 10.5 Å². The highest BCUT2D eigenvalue weighted by molar-refractivity contribution is 5.47. The van der Waals surface area contributed by atoms with Crippen molar-refractivity contribution in [1.29, 1.82) is 10.5 Å². The Morgan fingerprint density at radius 2 is 0.836 bits per heavy atom. The number of rotatable bonds is 9. The minimum absolute atomic E-state index is 0.0503. The largest absolute Gasteiger partial charge is 0.206 e. The van der Waals surface area contributed by atoms with Crippen LogP contribution in [-0.2, 0) is 0 Å². The second-order valence-corrected chi connectivity index (χ2v) is 15.4. The third-order valence-electron chi connectivity index (χ3n) is 11.5. The van der Waals surface area contributed by atoms with E-state index in [1.54, 1.807) is 12.1 Å². The zero-order valence-corrected chi connectivity index (χ0v) is 32.6. The van der Waals surface area contributed by atoms with E-state index in [9.17, 15) is 8.78 Å². The molecule has 0 aromatic heterocycles. The Balaban J connectivity index is 0.000000211. The molecule has 282 valence electrons. The molecule has 0 N–H and O–H groups in total. The fourth-order valence-corrected chi connectivity index (χ4v) is 8.08. The third kappa shape index (κ3) is 12.7. The lowest BCUT2D eigenvalue weighted by molar-refractivity contribution is 0.303. The van der Waals surface area contributed by atoms with Crippen LogP contribution in [0.3, 0.4) is 0 Å². The van der Waals surface area contributed by atoms with Gasteiger partial charge in [0.05, 0.1) is 11.1 Å². The van der Waals surface area contributed by atoms with Crippen molar-refractivity contribution in [3.8, 4) is 35.8 Å². The number of hydrogen-bond acceptors (Lipinski definition) is 2. The molecule has 0 saturated heterocycles. The lowest BCUT2D eigenvalue weighted by Crippen LogP contribution is -2.13. The summed E-state index contributed by atoms with van der Waals surface area (Å²) in [5.74, 6) is 14.3. The molecule has 2 saturated carbocycles. The molecule has 2 nitrogen and oxygen atoms in total. The van der Waals surface area contributed by atoms with E-state index in [-0.39, 0.29) is 11.1 Å². The molecular formula is C51H54F2N2. The molecule has 4 aromatic carbocycles. The standard InChI is InChI=1S/C26H28FN.C25H26FN/c1-2-3-4-5-20-8-13-23(14-9-20)24-15-10-21(11-16-24)6-7-22-12-17-25(19-28)26(27)18-22;1-2-3-4-19-7-12-22(13-8-19)23-14-9-20(10-15-23)5-6-21-11-16-24(18-27)25(26)17-21/h10-12,15-18,20,23H,2-5,8-9,13-14H2,1H3;9-11,14-17,19,22H,2-4,7-8,12-13H2,1H3. The van der Waals surface area contributed by atoms with Crippen molar-refractivity contribution in [2.45, 2.75) is 122 Å². The van der Waals surface area contributed by atoms with Crippen LogP contribution < -0.4 is 0 Å². The van der Waals surface area contributed by atoms with Crippen LogP contribution in [0.5, 0.6) is 0 Å².